The van der Waals surface area contributed by atoms with E-state index >= 15 is 0 Å². The third kappa shape index (κ3) is 5.56. The molecule has 218 valence electrons. The summed E-state index contributed by atoms with van der Waals surface area (Å²) >= 11 is 1.45. The summed E-state index contributed by atoms with van der Waals surface area (Å²) in [5, 5.41) is 42.1. The number of piperazine rings is 1. The Hall–Kier alpha value is -2.39. The van der Waals surface area contributed by atoms with E-state index in [0.29, 0.717) is 51.4 Å². The molecule has 0 amide bonds. The van der Waals surface area contributed by atoms with E-state index in [1.165, 1.54) is 23.9 Å². The Morgan fingerprint density at radius 2 is 1.70 bits per heavy atom. The highest BCUT2D eigenvalue weighted by Gasteiger charge is 2.52. The van der Waals surface area contributed by atoms with Gasteiger partial charge in [-0.15, -0.1) is 0 Å². The normalized spacial score (nSPS) is 28.6. The molecule has 5 rings (SSSR count). The zero-order valence-corrected chi connectivity index (χ0v) is 22.6. The van der Waals surface area contributed by atoms with Crippen LogP contribution in [0.3, 0.4) is 0 Å². The van der Waals surface area contributed by atoms with E-state index < -0.39 is 48.4 Å². The van der Waals surface area contributed by atoms with E-state index in [4.69, 9.17) is 4.74 Å². The third-order valence-corrected chi connectivity index (χ3v) is 9.23. The summed E-state index contributed by atoms with van der Waals surface area (Å²) in [7, 11) is 1.81. The van der Waals surface area contributed by atoms with Crippen molar-refractivity contribution in [3.63, 3.8) is 0 Å². The lowest BCUT2D eigenvalue weighted by Gasteiger charge is -2.51. The Morgan fingerprint density at radius 3 is 2.38 bits per heavy atom. The maximum Gasteiger partial charge on any atom is 0.416 e. The van der Waals surface area contributed by atoms with Gasteiger partial charge in [-0.3, -0.25) is 9.38 Å². The predicted octanol–water partition coefficient (Wildman–Crippen LogP) is 1.02. The Kier molecular flexibility index (Phi) is 8.09. The van der Waals surface area contributed by atoms with Gasteiger partial charge < -0.3 is 34.9 Å². The first-order valence-electron chi connectivity index (χ1n) is 13.1. The van der Waals surface area contributed by atoms with Crippen LogP contribution in [0.2, 0.25) is 0 Å². The first kappa shape index (κ1) is 29.1. The second-order valence-electron chi connectivity index (χ2n) is 10.8. The monoisotopic (exact) mass is 583 g/mol. The number of rotatable bonds is 6. The number of halogens is 3. The van der Waals surface area contributed by atoms with Crippen molar-refractivity contribution in [2.45, 2.75) is 53.0 Å². The lowest BCUT2D eigenvalue weighted by Crippen LogP contribution is -2.73. The SMILES string of the molecule is C[N+]1(C2OC(C(=O)[O-])C(O)C(O)C2O)CCN(CCCN2c3ccccc3Sc3ccc(C(F)(F)F)cc32)CC1. The maximum absolute atomic E-state index is 13.5. The molecular formula is C27H32F3N3O6S. The second-order valence-corrected chi connectivity index (χ2v) is 11.8. The molecule has 0 radical (unpaired) electrons. The number of nitrogens with zero attached hydrogens (tertiary/aromatic N) is 3. The number of aliphatic hydroxyl groups excluding tert-OH is 3. The van der Waals surface area contributed by atoms with E-state index in [1.54, 1.807) is 7.05 Å². The molecule has 0 bridgehead atoms. The highest BCUT2D eigenvalue weighted by molar-refractivity contribution is 7.99. The van der Waals surface area contributed by atoms with Crippen LogP contribution in [0.5, 0.6) is 0 Å². The highest BCUT2D eigenvalue weighted by Crippen LogP contribution is 2.49. The van der Waals surface area contributed by atoms with Crippen molar-refractivity contribution in [2.75, 3.05) is 51.2 Å². The number of anilines is 2. The molecule has 13 heteroatoms. The number of benzene rings is 2. The molecule has 0 aromatic heterocycles. The lowest BCUT2D eigenvalue weighted by molar-refractivity contribution is -0.964. The number of ether oxygens (including phenoxy) is 1. The fourth-order valence-corrected chi connectivity index (χ4v) is 6.79. The number of fused-ring (bicyclic) bond motifs is 2. The molecular weight excluding hydrogens is 551 g/mol. The van der Waals surface area contributed by atoms with Crippen LogP contribution in [0.1, 0.15) is 12.0 Å². The fraction of sp³-hybridized carbons (Fsp3) is 0.519. The number of para-hydroxylation sites is 1. The third-order valence-electron chi connectivity index (χ3n) is 8.10. The Morgan fingerprint density at radius 1 is 1.02 bits per heavy atom. The quantitative estimate of drug-likeness (QED) is 0.429. The number of hydrogen-bond donors (Lipinski definition) is 3. The maximum atomic E-state index is 13.5. The number of likely N-dealkylation sites (N-methyl/N-ethyl adjacent to an activating group) is 1. The summed E-state index contributed by atoms with van der Waals surface area (Å²) in [6.07, 6.45) is -11.5. The van der Waals surface area contributed by atoms with Crippen molar-refractivity contribution in [1.29, 1.82) is 0 Å². The summed E-state index contributed by atoms with van der Waals surface area (Å²) in [5.41, 5.74) is 0.719. The number of quaternary nitrogens is 1. The standard InChI is InChI=1S/C27H32F3N3O6S/c1-33(25-23(36)21(34)22(35)24(39-25)26(37)38)13-11-31(12-14-33)9-4-10-32-17-5-2-3-6-19(17)40-20-8-7-16(15-18(20)32)27(28,29)30/h2-3,5-8,15,21-25,34-36H,4,9-14H2,1H3. The van der Waals surface area contributed by atoms with Gasteiger partial charge in [-0.25, -0.2) is 0 Å². The molecule has 40 heavy (non-hydrogen) atoms. The summed E-state index contributed by atoms with van der Waals surface area (Å²) in [4.78, 5) is 17.3. The van der Waals surface area contributed by atoms with Crippen molar-refractivity contribution in [1.82, 2.24) is 4.90 Å². The van der Waals surface area contributed by atoms with Crippen molar-refractivity contribution in [3.8, 4) is 0 Å². The number of hydrogen-bond acceptors (Lipinski definition) is 9. The zero-order valence-electron chi connectivity index (χ0n) is 21.8. The zero-order chi connectivity index (χ0) is 28.8. The highest BCUT2D eigenvalue weighted by atomic mass is 32.2. The first-order valence-corrected chi connectivity index (χ1v) is 13.9. The summed E-state index contributed by atoms with van der Waals surface area (Å²) in [5.74, 6) is -1.66. The van der Waals surface area contributed by atoms with Crippen LogP contribution >= 0.6 is 11.8 Å². The average molecular weight is 584 g/mol. The second kappa shape index (κ2) is 11.1. The number of aliphatic carboxylic acids is 1. The summed E-state index contributed by atoms with van der Waals surface area (Å²) in [6, 6.07) is 11.5. The van der Waals surface area contributed by atoms with E-state index in [2.05, 4.69) is 4.90 Å². The van der Waals surface area contributed by atoms with Gasteiger partial charge in [0.25, 0.3) is 0 Å². The molecule has 0 aliphatic carbocycles. The number of carboxylic acids is 1. The van der Waals surface area contributed by atoms with Gasteiger partial charge >= 0.3 is 6.18 Å². The number of carbonyl (C=O) groups is 1. The van der Waals surface area contributed by atoms with E-state index in [-0.39, 0.29) is 4.48 Å². The number of alkyl halides is 3. The van der Waals surface area contributed by atoms with Crippen molar-refractivity contribution in [3.05, 3.63) is 48.0 Å². The lowest BCUT2D eigenvalue weighted by atomic mass is 9.96. The first-order chi connectivity index (χ1) is 18.9. The predicted molar refractivity (Wildman–Crippen MR) is 138 cm³/mol. The van der Waals surface area contributed by atoms with Crippen LogP contribution in [0.15, 0.2) is 52.3 Å². The van der Waals surface area contributed by atoms with Crippen LogP contribution in [-0.4, -0.2) is 108 Å². The molecule has 5 unspecified atom stereocenters. The van der Waals surface area contributed by atoms with Gasteiger partial charge in [0.2, 0.25) is 6.23 Å². The van der Waals surface area contributed by atoms with Crippen molar-refractivity contribution in [2.24, 2.45) is 0 Å². The molecule has 3 N–H and O–H groups in total. The largest absolute Gasteiger partial charge is 0.547 e. The van der Waals surface area contributed by atoms with Crippen molar-refractivity contribution < 1.29 is 47.6 Å². The van der Waals surface area contributed by atoms with Gasteiger partial charge in [0.15, 0.2) is 6.10 Å². The molecule has 2 saturated heterocycles. The van der Waals surface area contributed by atoms with Gasteiger partial charge in [-0.2, -0.15) is 13.2 Å². The summed E-state index contributed by atoms with van der Waals surface area (Å²) in [6.45, 7) is 3.36. The minimum Gasteiger partial charge on any atom is -0.547 e. The van der Waals surface area contributed by atoms with Gasteiger partial charge in [-0.1, -0.05) is 23.9 Å². The molecule has 0 saturated carbocycles. The fourth-order valence-electron chi connectivity index (χ4n) is 5.71. The van der Waals surface area contributed by atoms with Crippen LogP contribution in [0.25, 0.3) is 0 Å². The van der Waals surface area contributed by atoms with Crippen molar-refractivity contribution >= 4 is 29.1 Å². The van der Waals surface area contributed by atoms with Gasteiger partial charge in [0.05, 0.1) is 43.0 Å². The Labute approximate surface area is 234 Å². The van der Waals surface area contributed by atoms with Gasteiger partial charge in [0, 0.05) is 36.0 Å². The molecule has 3 heterocycles. The van der Waals surface area contributed by atoms with Crippen LogP contribution in [0.4, 0.5) is 24.5 Å². The molecule has 2 aromatic rings. The number of aliphatic hydroxyl groups is 3. The Bertz CT molecular complexity index is 1240. The number of carbonyl (C=O) groups excluding carboxylic acids is 1. The molecule has 0 spiro atoms. The molecule has 2 fully saturated rings. The van der Waals surface area contributed by atoms with E-state index in [1.807, 2.05) is 29.2 Å². The average Bonchev–Trinajstić information content (AvgIpc) is 2.91. The van der Waals surface area contributed by atoms with Gasteiger partial charge in [-0.05, 0) is 36.8 Å². The van der Waals surface area contributed by atoms with E-state index in [0.717, 1.165) is 21.5 Å². The molecule has 3 aliphatic rings. The summed E-state index contributed by atoms with van der Waals surface area (Å²) < 4.78 is 46.1. The van der Waals surface area contributed by atoms with Crippen LogP contribution in [0, 0.1) is 0 Å². The minimum absolute atomic E-state index is 0.148. The smallest absolute Gasteiger partial charge is 0.416 e. The molecule has 5 atom stereocenters. The molecule has 3 aliphatic heterocycles. The number of carboxylic acid groups (broad SMARTS) is 1. The van der Waals surface area contributed by atoms with Gasteiger partial charge in [0.1, 0.15) is 18.3 Å². The Balaban J connectivity index is 1.23. The minimum atomic E-state index is -4.44. The van der Waals surface area contributed by atoms with Crippen LogP contribution in [-0.2, 0) is 15.7 Å². The van der Waals surface area contributed by atoms with E-state index in [9.17, 15) is 38.4 Å². The molecule has 2 aromatic carbocycles. The topological polar surface area (TPSA) is 117 Å². The van der Waals surface area contributed by atoms with Crippen LogP contribution < -0.4 is 10.0 Å². The molecule has 9 nitrogen and oxygen atoms in total.